The Hall–Kier alpha value is -1.88. The number of nitrogens with one attached hydrogen (secondary N) is 1. The van der Waals surface area contributed by atoms with E-state index in [0.29, 0.717) is 6.54 Å². The lowest BCUT2D eigenvalue weighted by Crippen LogP contribution is -2.24. The summed E-state index contributed by atoms with van der Waals surface area (Å²) in [7, 11) is 1.87. The van der Waals surface area contributed by atoms with Gasteiger partial charge in [0.15, 0.2) is 5.82 Å². The fraction of sp³-hybridized carbons (Fsp3) is 0.467. The highest BCUT2D eigenvalue weighted by atomic mass is 16.5. The fourth-order valence-corrected chi connectivity index (χ4v) is 2.56. The molecule has 1 aromatic carbocycles. The summed E-state index contributed by atoms with van der Waals surface area (Å²) in [6.45, 7) is 5.74. The Kier molecular flexibility index (Phi) is 3.22. The van der Waals surface area contributed by atoms with Crippen molar-refractivity contribution in [2.45, 2.75) is 39.0 Å². The monoisotopic (exact) mass is 272 g/mol. The van der Waals surface area contributed by atoms with Crippen LogP contribution in [0.3, 0.4) is 0 Å². The van der Waals surface area contributed by atoms with E-state index in [2.05, 4.69) is 47.4 Å². The van der Waals surface area contributed by atoms with Gasteiger partial charge in [-0.15, -0.1) is 0 Å². The molecular formula is C15H20N4O. The van der Waals surface area contributed by atoms with E-state index < -0.39 is 0 Å². The Balaban J connectivity index is 1.59. The number of aryl methyl sites for hydroxylation is 1. The summed E-state index contributed by atoms with van der Waals surface area (Å²) in [5.41, 5.74) is 2.48. The summed E-state index contributed by atoms with van der Waals surface area (Å²) in [5.74, 6) is 1.84. The molecule has 0 spiro atoms. The molecule has 0 aliphatic carbocycles. The van der Waals surface area contributed by atoms with Crippen LogP contribution in [0.2, 0.25) is 0 Å². The van der Waals surface area contributed by atoms with Crippen molar-refractivity contribution in [3.05, 3.63) is 41.5 Å². The van der Waals surface area contributed by atoms with Gasteiger partial charge in [0.05, 0.1) is 6.54 Å². The lowest BCUT2D eigenvalue weighted by Gasteiger charge is -2.16. The number of hydrogen-bond donors (Lipinski definition) is 1. The van der Waals surface area contributed by atoms with Gasteiger partial charge >= 0.3 is 0 Å². The average Bonchev–Trinajstić information content (AvgIpc) is 2.90. The smallest absolute Gasteiger partial charge is 0.164 e. The number of aromatic nitrogens is 3. The third-order valence-electron chi connectivity index (χ3n) is 3.39. The van der Waals surface area contributed by atoms with Gasteiger partial charge in [0, 0.05) is 20.0 Å². The van der Waals surface area contributed by atoms with Crippen LogP contribution in [0.5, 0.6) is 5.75 Å². The van der Waals surface area contributed by atoms with Crippen LogP contribution in [-0.2, 0) is 26.6 Å². The first-order chi connectivity index (χ1) is 9.52. The molecule has 20 heavy (non-hydrogen) atoms. The van der Waals surface area contributed by atoms with Crippen LogP contribution in [0, 0.1) is 0 Å². The molecule has 1 N–H and O–H groups in total. The van der Waals surface area contributed by atoms with Crippen molar-refractivity contribution in [1.82, 2.24) is 20.1 Å². The zero-order chi connectivity index (χ0) is 14.2. The molecule has 2 heterocycles. The minimum atomic E-state index is -0.0771. The molecule has 1 aliphatic heterocycles. The van der Waals surface area contributed by atoms with Gasteiger partial charge in [-0.05, 0) is 31.0 Å². The summed E-state index contributed by atoms with van der Waals surface area (Å²) >= 11 is 0. The molecule has 1 aliphatic rings. The lowest BCUT2D eigenvalue weighted by atomic mass is 10.0. The highest BCUT2D eigenvalue weighted by Crippen LogP contribution is 2.35. The second-order valence-electron chi connectivity index (χ2n) is 5.92. The van der Waals surface area contributed by atoms with Crippen molar-refractivity contribution in [3.63, 3.8) is 0 Å². The topological polar surface area (TPSA) is 52.0 Å². The molecule has 0 unspecified atom stereocenters. The first-order valence-corrected chi connectivity index (χ1v) is 6.88. The van der Waals surface area contributed by atoms with E-state index in [-0.39, 0.29) is 5.60 Å². The molecule has 2 aromatic rings. The summed E-state index contributed by atoms with van der Waals surface area (Å²) in [6, 6.07) is 6.40. The van der Waals surface area contributed by atoms with Gasteiger partial charge in [0.2, 0.25) is 0 Å². The second-order valence-corrected chi connectivity index (χ2v) is 5.92. The highest BCUT2D eigenvalue weighted by Gasteiger charge is 2.29. The number of nitrogens with zero attached hydrogens (tertiary/aromatic N) is 3. The third kappa shape index (κ3) is 2.82. The van der Waals surface area contributed by atoms with Gasteiger partial charge in [-0.1, -0.05) is 12.1 Å². The van der Waals surface area contributed by atoms with Crippen LogP contribution < -0.4 is 10.1 Å². The van der Waals surface area contributed by atoms with Crippen molar-refractivity contribution < 1.29 is 4.74 Å². The molecule has 1 aromatic heterocycles. The SMILES string of the molecule is Cn1cnc(CNCc2ccc3c(c2)CC(C)(C)O3)n1. The van der Waals surface area contributed by atoms with Crippen LogP contribution in [0.25, 0.3) is 0 Å². The Labute approximate surface area is 119 Å². The average molecular weight is 272 g/mol. The second kappa shape index (κ2) is 4.90. The largest absolute Gasteiger partial charge is 0.487 e. The van der Waals surface area contributed by atoms with E-state index in [1.807, 2.05) is 7.05 Å². The standard InChI is InChI=1S/C15H20N4O/c1-15(2)7-12-6-11(4-5-13(12)20-15)8-16-9-14-17-10-19(3)18-14/h4-6,10,16H,7-9H2,1-3H3. The first-order valence-electron chi connectivity index (χ1n) is 6.88. The van der Waals surface area contributed by atoms with E-state index in [0.717, 1.165) is 24.5 Å². The van der Waals surface area contributed by atoms with Gasteiger partial charge in [-0.3, -0.25) is 4.68 Å². The summed E-state index contributed by atoms with van der Waals surface area (Å²) in [6.07, 6.45) is 2.68. The normalized spacial score (nSPS) is 15.9. The van der Waals surface area contributed by atoms with Gasteiger partial charge in [-0.2, -0.15) is 5.10 Å². The zero-order valence-electron chi connectivity index (χ0n) is 12.2. The number of ether oxygens (including phenoxy) is 1. The van der Waals surface area contributed by atoms with E-state index in [1.54, 1.807) is 11.0 Å². The maximum Gasteiger partial charge on any atom is 0.164 e. The van der Waals surface area contributed by atoms with Crippen molar-refractivity contribution in [3.8, 4) is 5.75 Å². The van der Waals surface area contributed by atoms with Crippen molar-refractivity contribution in [2.75, 3.05) is 0 Å². The molecular weight excluding hydrogens is 252 g/mol. The quantitative estimate of drug-likeness (QED) is 0.922. The number of hydrogen-bond acceptors (Lipinski definition) is 4. The Bertz CT molecular complexity index is 618. The zero-order valence-corrected chi connectivity index (χ0v) is 12.2. The van der Waals surface area contributed by atoms with Gasteiger partial charge in [0.25, 0.3) is 0 Å². The Morgan fingerprint density at radius 2 is 2.20 bits per heavy atom. The molecule has 3 rings (SSSR count). The van der Waals surface area contributed by atoms with E-state index in [1.165, 1.54) is 11.1 Å². The van der Waals surface area contributed by atoms with Crippen LogP contribution in [-0.4, -0.2) is 20.4 Å². The molecule has 0 amide bonds. The van der Waals surface area contributed by atoms with Gasteiger partial charge < -0.3 is 10.1 Å². The third-order valence-corrected chi connectivity index (χ3v) is 3.39. The Morgan fingerprint density at radius 3 is 2.95 bits per heavy atom. The molecule has 0 fully saturated rings. The van der Waals surface area contributed by atoms with Crippen molar-refractivity contribution >= 4 is 0 Å². The van der Waals surface area contributed by atoms with Gasteiger partial charge in [0.1, 0.15) is 17.7 Å². The first kappa shape index (κ1) is 13.1. The number of benzene rings is 1. The highest BCUT2D eigenvalue weighted by molar-refractivity contribution is 5.41. The molecule has 0 bridgehead atoms. The van der Waals surface area contributed by atoms with Crippen LogP contribution in [0.15, 0.2) is 24.5 Å². The van der Waals surface area contributed by atoms with Crippen molar-refractivity contribution in [2.24, 2.45) is 7.05 Å². The lowest BCUT2D eigenvalue weighted by molar-refractivity contribution is 0.138. The summed E-state index contributed by atoms with van der Waals surface area (Å²) in [4.78, 5) is 4.19. The molecule has 0 saturated heterocycles. The van der Waals surface area contributed by atoms with Crippen LogP contribution in [0.1, 0.15) is 30.8 Å². The minimum Gasteiger partial charge on any atom is -0.487 e. The van der Waals surface area contributed by atoms with E-state index in [9.17, 15) is 0 Å². The maximum atomic E-state index is 5.88. The summed E-state index contributed by atoms with van der Waals surface area (Å²) in [5, 5.41) is 7.61. The van der Waals surface area contributed by atoms with E-state index >= 15 is 0 Å². The van der Waals surface area contributed by atoms with E-state index in [4.69, 9.17) is 4.74 Å². The predicted octanol–water partition coefficient (Wildman–Crippen LogP) is 1.82. The van der Waals surface area contributed by atoms with Crippen LogP contribution in [0.4, 0.5) is 0 Å². The number of fused-ring (bicyclic) bond motifs is 1. The molecule has 0 saturated carbocycles. The maximum absolute atomic E-state index is 5.88. The van der Waals surface area contributed by atoms with Gasteiger partial charge in [-0.25, -0.2) is 4.98 Å². The molecule has 5 nitrogen and oxygen atoms in total. The van der Waals surface area contributed by atoms with Crippen molar-refractivity contribution in [1.29, 1.82) is 0 Å². The minimum absolute atomic E-state index is 0.0771. The predicted molar refractivity (Wildman–Crippen MR) is 76.4 cm³/mol. The summed E-state index contributed by atoms with van der Waals surface area (Å²) < 4.78 is 7.60. The number of rotatable bonds is 4. The molecule has 0 radical (unpaired) electrons. The molecule has 106 valence electrons. The Morgan fingerprint density at radius 1 is 1.35 bits per heavy atom. The fourth-order valence-electron chi connectivity index (χ4n) is 2.56. The molecule has 5 heteroatoms. The molecule has 0 atom stereocenters. The van der Waals surface area contributed by atoms with Crippen LogP contribution >= 0.6 is 0 Å².